The molecule has 1 rings (SSSR count). The standard InChI is InChI=1S/C14H19ClN2O/c1-3-8-16-10-14(18)17(4-2)11-12-6-5-7-13(15)9-12/h3,5-7,9,16H,1,4,8,10-11H2,2H3. The molecule has 0 saturated carbocycles. The highest BCUT2D eigenvalue weighted by atomic mass is 35.5. The Morgan fingerprint density at radius 2 is 2.33 bits per heavy atom. The highest BCUT2D eigenvalue weighted by Gasteiger charge is 2.11. The van der Waals surface area contributed by atoms with Crippen LogP contribution in [0.4, 0.5) is 0 Å². The molecule has 98 valence electrons. The van der Waals surface area contributed by atoms with E-state index in [1.54, 1.807) is 11.0 Å². The summed E-state index contributed by atoms with van der Waals surface area (Å²) < 4.78 is 0. The molecule has 1 aromatic carbocycles. The molecular formula is C14H19ClN2O. The molecule has 0 radical (unpaired) electrons. The quantitative estimate of drug-likeness (QED) is 0.607. The summed E-state index contributed by atoms with van der Waals surface area (Å²) in [5.74, 6) is 0.0827. The second-order valence-electron chi connectivity index (χ2n) is 3.96. The highest BCUT2D eigenvalue weighted by molar-refractivity contribution is 6.30. The maximum absolute atomic E-state index is 11.9. The van der Waals surface area contributed by atoms with Crippen LogP contribution in [-0.2, 0) is 11.3 Å². The van der Waals surface area contributed by atoms with Crippen molar-refractivity contribution in [1.29, 1.82) is 0 Å². The first kappa shape index (κ1) is 14.7. The van der Waals surface area contributed by atoms with Gasteiger partial charge in [-0.2, -0.15) is 0 Å². The normalized spacial score (nSPS) is 10.1. The molecule has 0 aliphatic carbocycles. The molecule has 18 heavy (non-hydrogen) atoms. The number of amides is 1. The number of hydrogen-bond donors (Lipinski definition) is 1. The molecule has 0 heterocycles. The third kappa shape index (κ3) is 4.90. The number of carbonyl (C=O) groups excluding carboxylic acids is 1. The Kier molecular flexibility index (Phi) is 6.47. The van der Waals surface area contributed by atoms with Gasteiger partial charge in [0.25, 0.3) is 0 Å². The molecule has 0 unspecified atom stereocenters. The summed E-state index contributed by atoms with van der Waals surface area (Å²) >= 11 is 5.93. The number of halogens is 1. The van der Waals surface area contributed by atoms with Crippen molar-refractivity contribution in [3.05, 3.63) is 47.5 Å². The topological polar surface area (TPSA) is 32.3 Å². The largest absolute Gasteiger partial charge is 0.338 e. The average molecular weight is 267 g/mol. The Morgan fingerprint density at radius 1 is 1.56 bits per heavy atom. The van der Waals surface area contributed by atoms with Crippen molar-refractivity contribution in [2.24, 2.45) is 0 Å². The van der Waals surface area contributed by atoms with E-state index >= 15 is 0 Å². The zero-order valence-electron chi connectivity index (χ0n) is 10.7. The zero-order valence-corrected chi connectivity index (χ0v) is 11.4. The Bertz CT molecular complexity index is 407. The minimum absolute atomic E-state index is 0.0827. The van der Waals surface area contributed by atoms with E-state index in [4.69, 9.17) is 11.6 Å². The summed E-state index contributed by atoms with van der Waals surface area (Å²) in [6.07, 6.45) is 1.74. The first-order valence-corrected chi connectivity index (χ1v) is 6.39. The van der Waals surface area contributed by atoms with E-state index in [2.05, 4.69) is 11.9 Å². The van der Waals surface area contributed by atoms with Gasteiger partial charge in [0, 0.05) is 24.7 Å². The molecule has 0 atom stereocenters. The summed E-state index contributed by atoms with van der Waals surface area (Å²) in [7, 11) is 0. The van der Waals surface area contributed by atoms with Gasteiger partial charge in [-0.1, -0.05) is 29.8 Å². The van der Waals surface area contributed by atoms with Crippen molar-refractivity contribution in [3.63, 3.8) is 0 Å². The van der Waals surface area contributed by atoms with Crippen LogP contribution in [0, 0.1) is 0 Å². The van der Waals surface area contributed by atoms with Gasteiger partial charge in [-0.05, 0) is 24.6 Å². The molecule has 0 saturated heterocycles. The first-order chi connectivity index (χ1) is 8.67. The number of carbonyl (C=O) groups is 1. The smallest absolute Gasteiger partial charge is 0.236 e. The van der Waals surface area contributed by atoms with E-state index < -0.39 is 0 Å². The fourth-order valence-corrected chi connectivity index (χ4v) is 1.84. The van der Waals surface area contributed by atoms with Gasteiger partial charge in [-0.25, -0.2) is 0 Å². The van der Waals surface area contributed by atoms with Crippen LogP contribution in [0.2, 0.25) is 5.02 Å². The molecule has 4 heteroatoms. The lowest BCUT2D eigenvalue weighted by Gasteiger charge is -2.21. The lowest BCUT2D eigenvalue weighted by atomic mass is 10.2. The molecule has 0 bridgehead atoms. The van der Waals surface area contributed by atoms with Crippen molar-refractivity contribution >= 4 is 17.5 Å². The Morgan fingerprint density at radius 3 is 2.94 bits per heavy atom. The van der Waals surface area contributed by atoms with E-state index in [1.165, 1.54) is 0 Å². The minimum Gasteiger partial charge on any atom is -0.338 e. The van der Waals surface area contributed by atoms with Gasteiger partial charge in [0.05, 0.1) is 6.54 Å². The van der Waals surface area contributed by atoms with Crippen molar-refractivity contribution < 1.29 is 4.79 Å². The van der Waals surface area contributed by atoms with Gasteiger partial charge in [0.1, 0.15) is 0 Å². The van der Waals surface area contributed by atoms with Crippen molar-refractivity contribution in [2.75, 3.05) is 19.6 Å². The molecule has 0 aromatic heterocycles. The predicted octanol–water partition coefficient (Wildman–Crippen LogP) is 2.46. The minimum atomic E-state index is 0.0827. The summed E-state index contributed by atoms with van der Waals surface area (Å²) in [6, 6.07) is 7.58. The molecule has 0 aliphatic heterocycles. The summed E-state index contributed by atoms with van der Waals surface area (Å²) in [5, 5.41) is 3.71. The summed E-state index contributed by atoms with van der Waals surface area (Å²) in [6.45, 7) is 7.81. The van der Waals surface area contributed by atoms with Crippen molar-refractivity contribution in [1.82, 2.24) is 10.2 Å². The van der Waals surface area contributed by atoms with Gasteiger partial charge < -0.3 is 10.2 Å². The van der Waals surface area contributed by atoms with Crippen LogP contribution in [0.3, 0.4) is 0 Å². The van der Waals surface area contributed by atoms with E-state index in [9.17, 15) is 4.79 Å². The van der Waals surface area contributed by atoms with Gasteiger partial charge in [-0.15, -0.1) is 6.58 Å². The predicted molar refractivity (Wildman–Crippen MR) is 75.6 cm³/mol. The molecule has 3 nitrogen and oxygen atoms in total. The van der Waals surface area contributed by atoms with Crippen LogP contribution in [0.5, 0.6) is 0 Å². The molecule has 1 N–H and O–H groups in total. The fraction of sp³-hybridized carbons (Fsp3) is 0.357. The Balaban J connectivity index is 2.55. The van der Waals surface area contributed by atoms with Crippen LogP contribution in [0.1, 0.15) is 12.5 Å². The number of benzene rings is 1. The molecule has 1 amide bonds. The van der Waals surface area contributed by atoms with Gasteiger partial charge in [-0.3, -0.25) is 4.79 Å². The lowest BCUT2D eigenvalue weighted by Crippen LogP contribution is -2.37. The monoisotopic (exact) mass is 266 g/mol. The van der Waals surface area contributed by atoms with Crippen LogP contribution in [-0.4, -0.2) is 30.4 Å². The zero-order chi connectivity index (χ0) is 13.4. The number of nitrogens with zero attached hydrogens (tertiary/aromatic N) is 1. The summed E-state index contributed by atoms with van der Waals surface area (Å²) in [5.41, 5.74) is 1.04. The lowest BCUT2D eigenvalue weighted by molar-refractivity contribution is -0.130. The Labute approximate surface area is 113 Å². The number of nitrogens with one attached hydrogen (secondary N) is 1. The molecule has 1 aromatic rings. The highest BCUT2D eigenvalue weighted by Crippen LogP contribution is 2.12. The van der Waals surface area contributed by atoms with E-state index in [0.29, 0.717) is 31.2 Å². The van der Waals surface area contributed by atoms with Crippen LogP contribution < -0.4 is 5.32 Å². The van der Waals surface area contributed by atoms with Crippen LogP contribution in [0.25, 0.3) is 0 Å². The van der Waals surface area contributed by atoms with Crippen molar-refractivity contribution in [3.8, 4) is 0 Å². The maximum atomic E-state index is 11.9. The van der Waals surface area contributed by atoms with E-state index in [0.717, 1.165) is 5.56 Å². The van der Waals surface area contributed by atoms with Gasteiger partial charge in [0.2, 0.25) is 5.91 Å². The van der Waals surface area contributed by atoms with Gasteiger partial charge >= 0.3 is 0 Å². The summed E-state index contributed by atoms with van der Waals surface area (Å²) in [4.78, 5) is 13.7. The number of rotatable bonds is 7. The van der Waals surface area contributed by atoms with Crippen LogP contribution >= 0.6 is 11.6 Å². The number of hydrogen-bond acceptors (Lipinski definition) is 2. The molecule has 0 aliphatic rings. The van der Waals surface area contributed by atoms with Crippen LogP contribution in [0.15, 0.2) is 36.9 Å². The maximum Gasteiger partial charge on any atom is 0.236 e. The third-order valence-electron chi connectivity index (χ3n) is 2.56. The third-order valence-corrected chi connectivity index (χ3v) is 2.80. The van der Waals surface area contributed by atoms with Gasteiger partial charge in [0.15, 0.2) is 0 Å². The Hall–Kier alpha value is -1.32. The SMILES string of the molecule is C=CCNCC(=O)N(CC)Cc1cccc(Cl)c1. The van der Waals surface area contributed by atoms with Crippen molar-refractivity contribution in [2.45, 2.75) is 13.5 Å². The van der Waals surface area contributed by atoms with E-state index in [1.807, 2.05) is 31.2 Å². The average Bonchev–Trinajstić information content (AvgIpc) is 2.36. The molecular weight excluding hydrogens is 248 g/mol. The second-order valence-corrected chi connectivity index (χ2v) is 4.39. The second kappa shape index (κ2) is 7.90. The van der Waals surface area contributed by atoms with E-state index in [-0.39, 0.29) is 5.91 Å². The number of likely N-dealkylation sites (N-methyl/N-ethyl adjacent to an activating group) is 1. The molecule has 0 spiro atoms. The first-order valence-electron chi connectivity index (χ1n) is 6.01. The fourth-order valence-electron chi connectivity index (χ4n) is 1.63. The molecule has 0 fully saturated rings.